The minimum absolute atomic E-state index is 0. The summed E-state index contributed by atoms with van der Waals surface area (Å²) >= 11 is 5.07. The molecule has 0 radical (unpaired) electrons. The van der Waals surface area contributed by atoms with Gasteiger partial charge in [0.1, 0.15) is 0 Å². The molecule has 0 aliphatic rings. The van der Waals surface area contributed by atoms with Crippen molar-refractivity contribution in [2.24, 2.45) is 5.73 Å². The number of amides is 1. The number of hydrogen-bond acceptors (Lipinski definition) is 3. The Hall–Kier alpha value is -0.230. The third-order valence-electron chi connectivity index (χ3n) is 2.17. The zero-order valence-electron chi connectivity index (χ0n) is 10.2. The summed E-state index contributed by atoms with van der Waals surface area (Å²) in [4.78, 5) is 12.6. The molecule has 0 heterocycles. The lowest BCUT2D eigenvalue weighted by molar-refractivity contribution is -0.121. The Morgan fingerprint density at radius 1 is 1.44 bits per heavy atom. The number of rotatable bonds is 6. The normalized spacial score (nSPS) is 11.5. The van der Waals surface area contributed by atoms with Crippen LogP contribution in [0.4, 0.5) is 0 Å². The van der Waals surface area contributed by atoms with Gasteiger partial charge in [0.05, 0.1) is 0 Å². The lowest BCUT2D eigenvalue weighted by Gasteiger charge is -2.10. The summed E-state index contributed by atoms with van der Waals surface area (Å²) in [6, 6.07) is 8.13. The second-order valence-corrected chi connectivity index (χ2v) is 5.84. The number of carbonyl (C=O) groups is 1. The van der Waals surface area contributed by atoms with Crippen molar-refractivity contribution >= 4 is 46.0 Å². The van der Waals surface area contributed by atoms with Crippen molar-refractivity contribution < 1.29 is 4.79 Å². The molecule has 0 spiro atoms. The van der Waals surface area contributed by atoms with Crippen molar-refractivity contribution in [3.8, 4) is 0 Å². The summed E-state index contributed by atoms with van der Waals surface area (Å²) in [7, 11) is 0. The van der Waals surface area contributed by atoms with E-state index in [2.05, 4.69) is 21.2 Å². The fourth-order valence-corrected chi connectivity index (χ4v) is 2.31. The van der Waals surface area contributed by atoms with Crippen LogP contribution >= 0.6 is 40.1 Å². The second kappa shape index (κ2) is 9.67. The maximum Gasteiger partial charge on any atom is 0.221 e. The van der Waals surface area contributed by atoms with Gasteiger partial charge in [0, 0.05) is 34.1 Å². The molecule has 1 aromatic carbocycles. The molecule has 0 saturated heterocycles. The maximum atomic E-state index is 11.5. The number of carbonyl (C=O) groups excluding carboxylic acids is 1. The maximum absolute atomic E-state index is 11.5. The summed E-state index contributed by atoms with van der Waals surface area (Å²) in [5.41, 5.74) is 5.43. The molecule has 102 valence electrons. The van der Waals surface area contributed by atoms with Crippen molar-refractivity contribution in [3.05, 3.63) is 28.7 Å². The van der Waals surface area contributed by atoms with E-state index < -0.39 is 0 Å². The largest absolute Gasteiger partial charge is 0.352 e. The molecule has 0 aliphatic heterocycles. The third kappa shape index (κ3) is 7.26. The van der Waals surface area contributed by atoms with Crippen molar-refractivity contribution in [1.82, 2.24) is 5.32 Å². The first-order chi connectivity index (χ1) is 8.11. The zero-order chi connectivity index (χ0) is 12.7. The Balaban J connectivity index is 0.00000289. The molecule has 1 atom stereocenters. The van der Waals surface area contributed by atoms with Gasteiger partial charge in [-0.25, -0.2) is 0 Å². The first-order valence-electron chi connectivity index (χ1n) is 5.49. The summed E-state index contributed by atoms with van der Waals surface area (Å²) in [6.07, 6.45) is 0.519. The van der Waals surface area contributed by atoms with Crippen LogP contribution in [-0.2, 0) is 4.79 Å². The lowest BCUT2D eigenvalue weighted by atomic mass is 10.3. The van der Waals surface area contributed by atoms with Gasteiger partial charge in [-0.15, -0.1) is 24.2 Å². The molecule has 1 aromatic rings. The average Bonchev–Trinajstić information content (AvgIpc) is 2.31. The highest BCUT2D eigenvalue weighted by Gasteiger charge is 2.05. The predicted molar refractivity (Wildman–Crippen MR) is 83.4 cm³/mol. The van der Waals surface area contributed by atoms with Crippen LogP contribution in [0.5, 0.6) is 0 Å². The molecule has 0 unspecified atom stereocenters. The van der Waals surface area contributed by atoms with Crippen molar-refractivity contribution in [3.63, 3.8) is 0 Å². The van der Waals surface area contributed by atoms with E-state index in [1.54, 1.807) is 11.8 Å². The van der Waals surface area contributed by atoms with Gasteiger partial charge in [-0.1, -0.05) is 15.9 Å². The molecule has 0 bridgehead atoms. The van der Waals surface area contributed by atoms with Crippen molar-refractivity contribution in [1.29, 1.82) is 0 Å². The van der Waals surface area contributed by atoms with E-state index in [0.717, 1.165) is 10.2 Å². The summed E-state index contributed by atoms with van der Waals surface area (Å²) in [6.45, 7) is 2.38. The van der Waals surface area contributed by atoms with E-state index in [1.165, 1.54) is 4.90 Å². The second-order valence-electron chi connectivity index (χ2n) is 3.76. The molecule has 6 heteroatoms. The molecule has 3 N–H and O–H groups in total. The number of nitrogens with two attached hydrogens (primary N) is 1. The SMILES string of the molecule is C[C@@H](CN)NC(=O)CCSc1ccc(Br)cc1.Cl. The predicted octanol–water partition coefficient (Wildman–Crippen LogP) is 2.82. The summed E-state index contributed by atoms with van der Waals surface area (Å²) < 4.78 is 1.07. The Kier molecular flexibility index (Phi) is 9.54. The fourth-order valence-electron chi connectivity index (χ4n) is 1.20. The Bertz CT molecular complexity index is 362. The van der Waals surface area contributed by atoms with Gasteiger partial charge in [0.15, 0.2) is 0 Å². The van der Waals surface area contributed by atoms with Crippen LogP contribution in [0.3, 0.4) is 0 Å². The molecule has 0 aromatic heterocycles. The number of hydrogen-bond donors (Lipinski definition) is 2. The van der Waals surface area contributed by atoms with E-state index in [4.69, 9.17) is 5.73 Å². The van der Waals surface area contributed by atoms with Crippen LogP contribution in [0.25, 0.3) is 0 Å². The van der Waals surface area contributed by atoms with Gasteiger partial charge in [-0.05, 0) is 31.2 Å². The topological polar surface area (TPSA) is 55.1 Å². The first kappa shape index (κ1) is 17.8. The molecule has 0 saturated carbocycles. The van der Waals surface area contributed by atoms with Gasteiger partial charge in [0.25, 0.3) is 0 Å². The molecular formula is C12H18BrClN2OS. The summed E-state index contributed by atoms with van der Waals surface area (Å²) in [5.74, 6) is 0.845. The average molecular weight is 354 g/mol. The zero-order valence-corrected chi connectivity index (χ0v) is 13.4. The molecular weight excluding hydrogens is 336 g/mol. The number of thioether (sulfide) groups is 1. The minimum atomic E-state index is 0. The summed E-state index contributed by atoms with van der Waals surface area (Å²) in [5, 5.41) is 2.84. The van der Waals surface area contributed by atoms with Crippen molar-refractivity contribution in [2.45, 2.75) is 24.3 Å². The Morgan fingerprint density at radius 2 is 2.06 bits per heavy atom. The van der Waals surface area contributed by atoms with Gasteiger partial charge >= 0.3 is 0 Å². The molecule has 18 heavy (non-hydrogen) atoms. The lowest BCUT2D eigenvalue weighted by Crippen LogP contribution is -2.37. The van der Waals surface area contributed by atoms with Crippen LogP contribution < -0.4 is 11.1 Å². The van der Waals surface area contributed by atoms with E-state index >= 15 is 0 Å². The van der Waals surface area contributed by atoms with Gasteiger partial charge in [-0.3, -0.25) is 4.79 Å². The van der Waals surface area contributed by atoms with E-state index in [0.29, 0.717) is 13.0 Å². The first-order valence-corrected chi connectivity index (χ1v) is 7.27. The van der Waals surface area contributed by atoms with Crippen LogP contribution in [-0.4, -0.2) is 24.2 Å². The third-order valence-corrected chi connectivity index (χ3v) is 3.71. The molecule has 1 rings (SSSR count). The molecule has 0 fully saturated rings. The van der Waals surface area contributed by atoms with Crippen molar-refractivity contribution in [2.75, 3.05) is 12.3 Å². The number of nitrogens with one attached hydrogen (secondary N) is 1. The highest BCUT2D eigenvalue weighted by Crippen LogP contribution is 2.21. The van der Waals surface area contributed by atoms with Crippen LogP contribution in [0.15, 0.2) is 33.6 Å². The van der Waals surface area contributed by atoms with E-state index in [9.17, 15) is 4.79 Å². The van der Waals surface area contributed by atoms with Crippen LogP contribution in [0.2, 0.25) is 0 Å². The molecule has 3 nitrogen and oxygen atoms in total. The van der Waals surface area contributed by atoms with Gasteiger partial charge in [-0.2, -0.15) is 0 Å². The molecule has 0 aliphatic carbocycles. The standard InChI is InChI=1S/C12H17BrN2OS.ClH/c1-9(8-14)15-12(16)6-7-17-11-4-2-10(13)3-5-11;/h2-5,9H,6-8,14H2,1H3,(H,15,16);1H/t9-;/m0./s1. The van der Waals surface area contributed by atoms with Gasteiger partial charge in [0.2, 0.25) is 5.91 Å². The molecule has 1 amide bonds. The highest BCUT2D eigenvalue weighted by molar-refractivity contribution is 9.10. The fraction of sp³-hybridized carbons (Fsp3) is 0.417. The highest BCUT2D eigenvalue weighted by atomic mass is 79.9. The number of halogens is 2. The van der Waals surface area contributed by atoms with E-state index in [1.807, 2.05) is 31.2 Å². The van der Waals surface area contributed by atoms with Crippen LogP contribution in [0.1, 0.15) is 13.3 Å². The quantitative estimate of drug-likeness (QED) is 0.773. The Labute approximate surface area is 127 Å². The number of benzene rings is 1. The monoisotopic (exact) mass is 352 g/mol. The van der Waals surface area contributed by atoms with Gasteiger partial charge < -0.3 is 11.1 Å². The smallest absolute Gasteiger partial charge is 0.221 e. The van der Waals surface area contributed by atoms with Crippen LogP contribution in [0, 0.1) is 0 Å². The van der Waals surface area contributed by atoms with E-state index in [-0.39, 0.29) is 24.4 Å². The Morgan fingerprint density at radius 3 is 2.61 bits per heavy atom. The minimum Gasteiger partial charge on any atom is -0.352 e.